The summed E-state index contributed by atoms with van der Waals surface area (Å²) in [5, 5.41) is 4.13. The first-order chi connectivity index (χ1) is 13.4. The second-order valence-corrected chi connectivity index (χ2v) is 7.09. The van der Waals surface area contributed by atoms with Crippen molar-refractivity contribution in [3.63, 3.8) is 0 Å². The molecule has 3 rings (SSSR count). The third-order valence-corrected chi connectivity index (χ3v) is 4.88. The molecule has 1 saturated heterocycles. The highest BCUT2D eigenvalue weighted by Crippen LogP contribution is 2.33. The summed E-state index contributed by atoms with van der Waals surface area (Å²) in [6.45, 7) is 3.22. The van der Waals surface area contributed by atoms with E-state index in [2.05, 4.69) is 26.5 Å². The van der Waals surface area contributed by atoms with Crippen LogP contribution >= 0.6 is 15.9 Å². The molecule has 0 aliphatic carbocycles. The van der Waals surface area contributed by atoms with Crippen molar-refractivity contribution in [2.45, 2.75) is 19.4 Å². The van der Waals surface area contributed by atoms with E-state index in [9.17, 15) is 14.4 Å². The van der Waals surface area contributed by atoms with Crippen LogP contribution in [0.25, 0.3) is 0 Å². The van der Waals surface area contributed by atoms with Gasteiger partial charge in [0.1, 0.15) is 0 Å². The summed E-state index contributed by atoms with van der Waals surface area (Å²) < 4.78 is 6.05. The molecule has 1 amide bonds. The van der Waals surface area contributed by atoms with E-state index in [1.165, 1.54) is 6.92 Å². The zero-order chi connectivity index (χ0) is 20.3. The summed E-state index contributed by atoms with van der Waals surface area (Å²) in [4.78, 5) is 39.4. The van der Waals surface area contributed by atoms with E-state index in [0.717, 1.165) is 9.37 Å². The molecule has 2 aromatic carbocycles. The van der Waals surface area contributed by atoms with E-state index in [4.69, 9.17) is 4.74 Å². The average molecular weight is 444 g/mol. The topological polar surface area (TPSA) is 88.1 Å². The van der Waals surface area contributed by atoms with Crippen LogP contribution in [0.2, 0.25) is 0 Å². The first-order valence-electron chi connectivity index (χ1n) is 8.60. The molecular weight excluding hydrogens is 426 g/mol. The molecule has 1 atom stereocenters. The van der Waals surface area contributed by atoms with Gasteiger partial charge in [-0.15, -0.1) is 0 Å². The Morgan fingerprint density at radius 2 is 1.79 bits per heavy atom. The summed E-state index contributed by atoms with van der Waals surface area (Å²) in [5.41, 5.74) is 1.85. The molecular formula is C20H18BrN3O4. The highest BCUT2D eigenvalue weighted by molar-refractivity contribution is 9.10. The molecule has 144 valence electrons. The number of amides is 1. The fraction of sp³-hybridized carbons (Fsp3) is 0.200. The maximum absolute atomic E-state index is 12.8. The molecule has 1 aliphatic rings. The summed E-state index contributed by atoms with van der Waals surface area (Å²) in [6.07, 6.45) is 0. The van der Waals surface area contributed by atoms with Gasteiger partial charge in [0.05, 0.1) is 12.3 Å². The molecule has 1 N–H and O–H groups in total. The smallest absolute Gasteiger partial charge is 0.338 e. The van der Waals surface area contributed by atoms with E-state index >= 15 is 0 Å². The van der Waals surface area contributed by atoms with E-state index in [0.29, 0.717) is 11.4 Å². The minimum atomic E-state index is -1.69. The van der Waals surface area contributed by atoms with Crippen LogP contribution in [0.3, 0.4) is 0 Å². The van der Waals surface area contributed by atoms with Crippen LogP contribution in [0.15, 0.2) is 64.2 Å². The van der Waals surface area contributed by atoms with Gasteiger partial charge in [0, 0.05) is 10.2 Å². The van der Waals surface area contributed by atoms with E-state index in [-0.39, 0.29) is 12.3 Å². The lowest BCUT2D eigenvalue weighted by Gasteiger charge is -2.31. The Morgan fingerprint density at radius 1 is 1.14 bits per heavy atom. The number of Topliss-reactive ketones (excluding diaryl/α,β-unsaturated/α-hetero) is 1. The predicted octanol–water partition coefficient (Wildman–Crippen LogP) is 3.15. The van der Waals surface area contributed by atoms with Crippen LogP contribution in [0.4, 0.5) is 11.4 Å². The molecule has 2 aromatic rings. The van der Waals surface area contributed by atoms with Gasteiger partial charge in [-0.3, -0.25) is 19.9 Å². The molecule has 1 fully saturated rings. The number of hydrazone groups is 1. The molecule has 28 heavy (non-hydrogen) atoms. The number of ether oxygens (including phenoxy) is 1. The second kappa shape index (κ2) is 7.93. The number of esters is 1. The number of carbonyl (C=O) groups is 3. The molecule has 0 radical (unpaired) electrons. The summed E-state index contributed by atoms with van der Waals surface area (Å²) in [7, 11) is 0. The monoisotopic (exact) mass is 443 g/mol. The van der Waals surface area contributed by atoms with Crippen molar-refractivity contribution >= 4 is 50.7 Å². The van der Waals surface area contributed by atoms with Gasteiger partial charge in [-0.2, -0.15) is 5.10 Å². The molecule has 0 bridgehead atoms. The summed E-state index contributed by atoms with van der Waals surface area (Å²) in [6, 6.07) is 15.6. The lowest BCUT2D eigenvalue weighted by atomic mass is 9.95. The fourth-order valence-electron chi connectivity index (χ4n) is 2.95. The van der Waals surface area contributed by atoms with Gasteiger partial charge in [0.2, 0.25) is 0 Å². The SMILES string of the molecule is CCOC(=O)[C@@]1(C)/C(=N/Nc2ccc(Br)cc2)C(=O)C(=O)N1c1ccccc1. The van der Waals surface area contributed by atoms with Gasteiger partial charge in [-0.1, -0.05) is 34.1 Å². The molecule has 8 heteroatoms. The number of anilines is 2. The summed E-state index contributed by atoms with van der Waals surface area (Å²) in [5.74, 6) is -2.42. The van der Waals surface area contributed by atoms with Crippen molar-refractivity contribution in [1.82, 2.24) is 0 Å². The van der Waals surface area contributed by atoms with Gasteiger partial charge in [-0.25, -0.2) is 4.79 Å². The van der Waals surface area contributed by atoms with Crippen molar-refractivity contribution in [3.05, 3.63) is 59.1 Å². The highest BCUT2D eigenvalue weighted by Gasteiger charge is 2.60. The number of hydrogen-bond donors (Lipinski definition) is 1. The number of carbonyl (C=O) groups excluding carboxylic acids is 3. The molecule has 7 nitrogen and oxygen atoms in total. The molecule has 1 heterocycles. The fourth-order valence-corrected chi connectivity index (χ4v) is 3.21. The van der Waals surface area contributed by atoms with Crippen LogP contribution in [-0.4, -0.2) is 35.5 Å². The third-order valence-electron chi connectivity index (χ3n) is 4.35. The van der Waals surface area contributed by atoms with Crippen molar-refractivity contribution in [3.8, 4) is 0 Å². The van der Waals surface area contributed by atoms with Crippen molar-refractivity contribution in [2.75, 3.05) is 16.9 Å². The zero-order valence-corrected chi connectivity index (χ0v) is 16.9. The number of halogens is 1. The maximum atomic E-state index is 12.8. The Labute approximate surface area is 170 Å². The number of nitrogens with zero attached hydrogens (tertiary/aromatic N) is 2. The quantitative estimate of drug-likeness (QED) is 0.435. The first-order valence-corrected chi connectivity index (χ1v) is 9.39. The molecule has 0 unspecified atom stereocenters. The zero-order valence-electron chi connectivity index (χ0n) is 15.3. The molecule has 0 spiro atoms. The van der Waals surface area contributed by atoms with Crippen LogP contribution in [0.5, 0.6) is 0 Å². The van der Waals surface area contributed by atoms with Crippen molar-refractivity contribution in [1.29, 1.82) is 0 Å². The highest BCUT2D eigenvalue weighted by atomic mass is 79.9. The normalized spacial score (nSPS) is 20.5. The number of ketones is 1. The molecule has 0 aromatic heterocycles. The lowest BCUT2D eigenvalue weighted by Crippen LogP contribution is -2.55. The van der Waals surface area contributed by atoms with Gasteiger partial charge in [0.25, 0.3) is 5.78 Å². The average Bonchev–Trinajstić information content (AvgIpc) is 2.89. The Kier molecular flexibility index (Phi) is 5.60. The number of hydrogen-bond acceptors (Lipinski definition) is 6. The lowest BCUT2D eigenvalue weighted by molar-refractivity contribution is -0.147. The Hall–Kier alpha value is -3.00. The number of para-hydroxylation sites is 1. The Morgan fingerprint density at radius 3 is 2.39 bits per heavy atom. The second-order valence-electron chi connectivity index (χ2n) is 6.18. The molecule has 0 saturated carbocycles. The van der Waals surface area contributed by atoms with Gasteiger partial charge in [-0.05, 0) is 50.2 Å². The van der Waals surface area contributed by atoms with Gasteiger partial charge < -0.3 is 4.74 Å². The van der Waals surface area contributed by atoms with Crippen LogP contribution < -0.4 is 10.3 Å². The van der Waals surface area contributed by atoms with E-state index in [1.54, 1.807) is 61.5 Å². The van der Waals surface area contributed by atoms with Crippen molar-refractivity contribution in [2.24, 2.45) is 5.10 Å². The third kappa shape index (κ3) is 3.43. The summed E-state index contributed by atoms with van der Waals surface area (Å²) >= 11 is 3.34. The standard InChI is InChI=1S/C20H18BrN3O4/c1-3-28-19(27)20(2)17(23-22-14-11-9-13(21)10-12-14)16(25)18(26)24(20)15-7-5-4-6-8-15/h4-12,22H,3H2,1-2H3/b23-17+/t20-/m1/s1. The minimum absolute atomic E-state index is 0.104. The Balaban J connectivity index is 2.07. The van der Waals surface area contributed by atoms with Crippen molar-refractivity contribution < 1.29 is 19.1 Å². The van der Waals surface area contributed by atoms with E-state index < -0.39 is 23.2 Å². The first kappa shape index (κ1) is 19.8. The number of nitrogens with one attached hydrogen (secondary N) is 1. The minimum Gasteiger partial charge on any atom is -0.464 e. The molecule has 1 aliphatic heterocycles. The number of rotatable bonds is 5. The van der Waals surface area contributed by atoms with Crippen LogP contribution in [0.1, 0.15) is 13.8 Å². The van der Waals surface area contributed by atoms with Gasteiger partial charge in [0.15, 0.2) is 11.3 Å². The van der Waals surface area contributed by atoms with Crippen LogP contribution in [-0.2, 0) is 19.1 Å². The van der Waals surface area contributed by atoms with E-state index in [1.807, 2.05) is 0 Å². The van der Waals surface area contributed by atoms with Crippen LogP contribution in [0, 0.1) is 0 Å². The number of benzene rings is 2. The predicted molar refractivity (Wildman–Crippen MR) is 109 cm³/mol. The van der Waals surface area contributed by atoms with Gasteiger partial charge >= 0.3 is 11.9 Å². The maximum Gasteiger partial charge on any atom is 0.338 e. The largest absolute Gasteiger partial charge is 0.464 e. The Bertz CT molecular complexity index is 944.